The zero-order valence-electron chi connectivity index (χ0n) is 11.7. The molecule has 4 nitrogen and oxygen atoms in total. The van der Waals surface area contributed by atoms with Crippen molar-refractivity contribution >= 4 is 29.7 Å². The van der Waals surface area contributed by atoms with E-state index in [1.807, 2.05) is 29.0 Å². The number of nitrogens with zero attached hydrogens (tertiary/aromatic N) is 1. The lowest BCUT2D eigenvalue weighted by Crippen LogP contribution is -2.37. The van der Waals surface area contributed by atoms with Crippen LogP contribution in [0.5, 0.6) is 0 Å². The van der Waals surface area contributed by atoms with Crippen molar-refractivity contribution in [3.63, 3.8) is 0 Å². The van der Waals surface area contributed by atoms with Gasteiger partial charge in [-0.2, -0.15) is 0 Å². The van der Waals surface area contributed by atoms with Gasteiger partial charge in [-0.1, -0.05) is 6.07 Å². The molecule has 0 bridgehead atoms. The summed E-state index contributed by atoms with van der Waals surface area (Å²) in [7, 11) is 0. The molecule has 1 atom stereocenters. The van der Waals surface area contributed by atoms with Crippen molar-refractivity contribution < 1.29 is 4.79 Å². The minimum absolute atomic E-state index is 0. The molecule has 1 saturated heterocycles. The Bertz CT molecular complexity index is 561. The number of amides is 1. The SMILES string of the molecule is Cl.O=C(NCC1CCCN1)c1cccn1Cc1cccs1. The van der Waals surface area contributed by atoms with E-state index in [1.165, 1.54) is 11.3 Å². The molecule has 3 heterocycles. The van der Waals surface area contributed by atoms with Gasteiger partial charge in [0.05, 0.1) is 6.54 Å². The lowest BCUT2D eigenvalue weighted by atomic mass is 10.2. The summed E-state index contributed by atoms with van der Waals surface area (Å²) in [5.74, 6) is 0.0141. The highest BCUT2D eigenvalue weighted by Crippen LogP contribution is 2.13. The number of carbonyl (C=O) groups is 1. The van der Waals surface area contributed by atoms with E-state index < -0.39 is 0 Å². The van der Waals surface area contributed by atoms with Crippen LogP contribution in [-0.4, -0.2) is 29.6 Å². The number of aromatic nitrogens is 1. The average Bonchev–Trinajstić information content (AvgIpc) is 3.19. The highest BCUT2D eigenvalue weighted by molar-refractivity contribution is 7.09. The Kier molecular flexibility index (Phi) is 5.85. The van der Waals surface area contributed by atoms with Gasteiger partial charge in [-0.05, 0) is 43.0 Å². The van der Waals surface area contributed by atoms with E-state index in [2.05, 4.69) is 22.1 Å². The fourth-order valence-electron chi connectivity index (χ4n) is 2.57. The molecule has 1 aliphatic heterocycles. The third-order valence-corrected chi connectivity index (χ3v) is 4.50. The van der Waals surface area contributed by atoms with Gasteiger partial charge >= 0.3 is 0 Å². The fourth-order valence-corrected chi connectivity index (χ4v) is 3.27. The van der Waals surface area contributed by atoms with Gasteiger partial charge in [0.15, 0.2) is 0 Å². The molecule has 6 heteroatoms. The molecule has 1 fully saturated rings. The second-order valence-electron chi connectivity index (χ2n) is 5.10. The molecule has 0 aromatic carbocycles. The molecule has 2 N–H and O–H groups in total. The molecule has 2 aromatic heterocycles. The van der Waals surface area contributed by atoms with Crippen LogP contribution in [0.25, 0.3) is 0 Å². The summed E-state index contributed by atoms with van der Waals surface area (Å²) in [6, 6.07) is 8.37. The van der Waals surface area contributed by atoms with Crippen molar-refractivity contribution in [2.75, 3.05) is 13.1 Å². The summed E-state index contributed by atoms with van der Waals surface area (Å²) >= 11 is 1.71. The molecular weight excluding hydrogens is 306 g/mol. The quantitative estimate of drug-likeness (QED) is 0.887. The smallest absolute Gasteiger partial charge is 0.267 e. The maximum absolute atomic E-state index is 12.3. The first-order chi connectivity index (χ1) is 9.83. The average molecular weight is 326 g/mol. The Labute approximate surface area is 135 Å². The van der Waals surface area contributed by atoms with Crippen LogP contribution >= 0.6 is 23.7 Å². The van der Waals surface area contributed by atoms with Gasteiger partial charge in [0.25, 0.3) is 5.91 Å². The lowest BCUT2D eigenvalue weighted by Gasteiger charge is -2.13. The zero-order valence-corrected chi connectivity index (χ0v) is 13.4. The van der Waals surface area contributed by atoms with Crippen LogP contribution in [0.2, 0.25) is 0 Å². The Morgan fingerprint density at radius 1 is 1.43 bits per heavy atom. The number of hydrogen-bond donors (Lipinski definition) is 2. The lowest BCUT2D eigenvalue weighted by molar-refractivity contribution is 0.0941. The highest BCUT2D eigenvalue weighted by atomic mass is 35.5. The van der Waals surface area contributed by atoms with Crippen LogP contribution in [0.1, 0.15) is 28.2 Å². The molecule has 114 valence electrons. The monoisotopic (exact) mass is 325 g/mol. The Morgan fingerprint density at radius 3 is 3.05 bits per heavy atom. The first-order valence-corrected chi connectivity index (χ1v) is 7.90. The summed E-state index contributed by atoms with van der Waals surface area (Å²) in [4.78, 5) is 13.5. The molecule has 21 heavy (non-hydrogen) atoms. The number of hydrogen-bond acceptors (Lipinski definition) is 3. The minimum Gasteiger partial charge on any atom is -0.349 e. The maximum atomic E-state index is 12.3. The molecule has 0 radical (unpaired) electrons. The zero-order chi connectivity index (χ0) is 13.8. The van der Waals surface area contributed by atoms with E-state index in [9.17, 15) is 4.79 Å². The van der Waals surface area contributed by atoms with Crippen molar-refractivity contribution in [3.05, 3.63) is 46.4 Å². The number of halogens is 1. The van der Waals surface area contributed by atoms with E-state index in [-0.39, 0.29) is 18.3 Å². The van der Waals surface area contributed by atoms with E-state index in [1.54, 1.807) is 11.3 Å². The van der Waals surface area contributed by atoms with Gasteiger partial charge in [0, 0.05) is 23.7 Å². The molecular formula is C15H20ClN3OS. The number of carbonyl (C=O) groups excluding carboxylic acids is 1. The van der Waals surface area contributed by atoms with Gasteiger partial charge in [-0.15, -0.1) is 23.7 Å². The van der Waals surface area contributed by atoms with Crippen molar-refractivity contribution in [2.24, 2.45) is 0 Å². The van der Waals surface area contributed by atoms with Gasteiger partial charge in [0.1, 0.15) is 5.69 Å². The predicted molar refractivity (Wildman–Crippen MR) is 88.5 cm³/mol. The summed E-state index contributed by atoms with van der Waals surface area (Å²) < 4.78 is 2.00. The van der Waals surface area contributed by atoms with E-state index >= 15 is 0 Å². The Hall–Kier alpha value is -1.30. The molecule has 2 aromatic rings. The first kappa shape index (κ1) is 16.1. The molecule has 0 saturated carbocycles. The predicted octanol–water partition coefficient (Wildman–Crippen LogP) is 2.50. The minimum atomic E-state index is 0. The molecule has 1 aliphatic rings. The van der Waals surface area contributed by atoms with Gasteiger partial charge in [-0.25, -0.2) is 0 Å². The van der Waals surface area contributed by atoms with Crippen LogP contribution in [0.4, 0.5) is 0 Å². The third kappa shape index (κ3) is 4.09. The van der Waals surface area contributed by atoms with Crippen molar-refractivity contribution in [1.29, 1.82) is 0 Å². The molecule has 3 rings (SSSR count). The molecule has 0 spiro atoms. The fraction of sp³-hybridized carbons (Fsp3) is 0.400. The van der Waals surface area contributed by atoms with Crippen LogP contribution in [0, 0.1) is 0 Å². The van der Waals surface area contributed by atoms with Crippen LogP contribution in [0.15, 0.2) is 35.8 Å². The summed E-state index contributed by atoms with van der Waals surface area (Å²) in [5.41, 5.74) is 0.733. The summed E-state index contributed by atoms with van der Waals surface area (Å²) in [6.07, 6.45) is 4.31. The van der Waals surface area contributed by atoms with Gasteiger partial charge < -0.3 is 15.2 Å². The standard InChI is InChI=1S/C15H19N3OS.ClH/c19-15(17-10-12-4-1-7-16-12)14-6-2-8-18(14)11-13-5-3-9-20-13;/h2-3,5-6,8-9,12,16H,1,4,7,10-11H2,(H,17,19);1H. The number of thiophene rings is 1. The maximum Gasteiger partial charge on any atom is 0.267 e. The number of nitrogens with one attached hydrogen (secondary N) is 2. The first-order valence-electron chi connectivity index (χ1n) is 7.02. The molecule has 1 amide bonds. The second kappa shape index (κ2) is 7.64. The van der Waals surface area contributed by atoms with Crippen LogP contribution in [-0.2, 0) is 6.54 Å². The van der Waals surface area contributed by atoms with E-state index in [0.29, 0.717) is 12.6 Å². The van der Waals surface area contributed by atoms with E-state index in [0.717, 1.165) is 25.2 Å². The normalized spacial score (nSPS) is 17.4. The summed E-state index contributed by atoms with van der Waals surface area (Å²) in [5, 5.41) is 8.48. The van der Waals surface area contributed by atoms with Gasteiger partial charge in [0.2, 0.25) is 0 Å². The molecule has 0 aliphatic carbocycles. The number of rotatable bonds is 5. The summed E-state index contributed by atoms with van der Waals surface area (Å²) in [6.45, 7) is 2.54. The van der Waals surface area contributed by atoms with Crippen molar-refractivity contribution in [1.82, 2.24) is 15.2 Å². The van der Waals surface area contributed by atoms with E-state index in [4.69, 9.17) is 0 Å². The van der Waals surface area contributed by atoms with Crippen LogP contribution < -0.4 is 10.6 Å². The second-order valence-corrected chi connectivity index (χ2v) is 6.14. The third-order valence-electron chi connectivity index (χ3n) is 3.64. The highest BCUT2D eigenvalue weighted by Gasteiger charge is 2.16. The largest absolute Gasteiger partial charge is 0.349 e. The molecule has 1 unspecified atom stereocenters. The topological polar surface area (TPSA) is 46.1 Å². The van der Waals surface area contributed by atoms with Crippen molar-refractivity contribution in [2.45, 2.75) is 25.4 Å². The van der Waals surface area contributed by atoms with Crippen LogP contribution in [0.3, 0.4) is 0 Å². The van der Waals surface area contributed by atoms with Crippen molar-refractivity contribution in [3.8, 4) is 0 Å². The van der Waals surface area contributed by atoms with Gasteiger partial charge in [-0.3, -0.25) is 4.79 Å². The Balaban J connectivity index is 0.00000161. The Morgan fingerprint density at radius 2 is 2.33 bits per heavy atom.